The first-order valence-corrected chi connectivity index (χ1v) is 4.20. The Labute approximate surface area is 67.7 Å². The van der Waals surface area contributed by atoms with Gasteiger partial charge in [-0.05, 0) is 24.7 Å². The van der Waals surface area contributed by atoms with E-state index in [-0.39, 0.29) is 5.54 Å². The second-order valence-electron chi connectivity index (χ2n) is 3.97. The molecule has 2 heteroatoms. The summed E-state index contributed by atoms with van der Waals surface area (Å²) in [5.74, 6) is 1.20. The van der Waals surface area contributed by atoms with Gasteiger partial charge in [0.25, 0.3) is 0 Å². The molecular formula is C9H15NO. The predicted molar refractivity (Wildman–Crippen MR) is 44.1 cm³/mol. The van der Waals surface area contributed by atoms with Gasteiger partial charge in [-0.2, -0.15) is 4.99 Å². The van der Waals surface area contributed by atoms with Crippen molar-refractivity contribution >= 4 is 6.08 Å². The van der Waals surface area contributed by atoms with Crippen molar-refractivity contribution in [2.45, 2.75) is 39.2 Å². The molecule has 1 fully saturated rings. The van der Waals surface area contributed by atoms with E-state index in [9.17, 15) is 4.79 Å². The number of aliphatic imine (C=N–C) groups is 1. The lowest BCUT2D eigenvalue weighted by Gasteiger charge is -2.45. The Kier molecular flexibility index (Phi) is 2.15. The lowest BCUT2D eigenvalue weighted by atomic mass is 9.64. The number of nitrogens with zero attached hydrogens (tertiary/aromatic N) is 1. The highest BCUT2D eigenvalue weighted by molar-refractivity contribution is 5.36. The molecule has 0 aliphatic heterocycles. The third kappa shape index (κ3) is 1.36. The van der Waals surface area contributed by atoms with E-state index in [1.165, 1.54) is 0 Å². The molecule has 1 aliphatic carbocycles. The Morgan fingerprint density at radius 3 is 2.36 bits per heavy atom. The summed E-state index contributed by atoms with van der Waals surface area (Å²) in [5, 5.41) is 0. The van der Waals surface area contributed by atoms with Crippen LogP contribution in [0.15, 0.2) is 4.99 Å². The fraction of sp³-hybridized carbons (Fsp3) is 0.889. The topological polar surface area (TPSA) is 29.4 Å². The second-order valence-corrected chi connectivity index (χ2v) is 3.97. The normalized spacial score (nSPS) is 36.2. The summed E-state index contributed by atoms with van der Waals surface area (Å²) in [4.78, 5) is 14.0. The van der Waals surface area contributed by atoms with Crippen LogP contribution in [0, 0.1) is 11.8 Å². The van der Waals surface area contributed by atoms with Gasteiger partial charge >= 0.3 is 0 Å². The third-order valence-electron chi connectivity index (χ3n) is 2.75. The van der Waals surface area contributed by atoms with Crippen LogP contribution in [-0.4, -0.2) is 11.6 Å². The molecule has 0 unspecified atom stereocenters. The maximum atomic E-state index is 10.1. The van der Waals surface area contributed by atoms with E-state index < -0.39 is 0 Å². The summed E-state index contributed by atoms with van der Waals surface area (Å²) in [6.45, 7) is 6.43. The summed E-state index contributed by atoms with van der Waals surface area (Å²) < 4.78 is 0. The molecule has 0 aromatic carbocycles. The summed E-state index contributed by atoms with van der Waals surface area (Å²) in [7, 11) is 0. The summed E-state index contributed by atoms with van der Waals surface area (Å²) in [6, 6.07) is 0. The van der Waals surface area contributed by atoms with Crippen LogP contribution < -0.4 is 0 Å². The predicted octanol–water partition coefficient (Wildman–Crippen LogP) is 2.15. The van der Waals surface area contributed by atoms with Crippen molar-refractivity contribution in [3.05, 3.63) is 0 Å². The molecule has 2 nitrogen and oxygen atoms in total. The van der Waals surface area contributed by atoms with Crippen molar-refractivity contribution < 1.29 is 4.79 Å². The Hall–Kier alpha value is -0.620. The molecule has 62 valence electrons. The zero-order valence-electron chi connectivity index (χ0n) is 7.42. The molecule has 1 aliphatic rings. The minimum atomic E-state index is -0.0544. The van der Waals surface area contributed by atoms with Crippen LogP contribution >= 0.6 is 0 Å². The van der Waals surface area contributed by atoms with Gasteiger partial charge in [0, 0.05) is 0 Å². The van der Waals surface area contributed by atoms with Crippen LogP contribution in [0.1, 0.15) is 33.6 Å². The number of hydrogen-bond acceptors (Lipinski definition) is 2. The molecule has 0 N–H and O–H groups in total. The summed E-state index contributed by atoms with van der Waals surface area (Å²) in [6.07, 6.45) is 3.80. The van der Waals surface area contributed by atoms with Gasteiger partial charge in [0.1, 0.15) is 0 Å². The Morgan fingerprint density at radius 2 is 2.09 bits per heavy atom. The largest absolute Gasteiger partial charge is 0.235 e. The minimum Gasteiger partial charge on any atom is -0.211 e. The number of hydrogen-bond donors (Lipinski definition) is 0. The second kappa shape index (κ2) is 2.78. The lowest BCUT2D eigenvalue weighted by molar-refractivity contribution is 0.113. The van der Waals surface area contributed by atoms with Crippen LogP contribution in [0.5, 0.6) is 0 Å². The highest BCUT2D eigenvalue weighted by Crippen LogP contribution is 2.45. The summed E-state index contributed by atoms with van der Waals surface area (Å²) in [5.41, 5.74) is -0.0544. The van der Waals surface area contributed by atoms with Gasteiger partial charge in [0.2, 0.25) is 6.08 Å². The summed E-state index contributed by atoms with van der Waals surface area (Å²) >= 11 is 0. The SMILES string of the molecule is CC1CC(N=C=O)(C(C)C)C1. The van der Waals surface area contributed by atoms with Crippen LogP contribution in [0.4, 0.5) is 0 Å². The van der Waals surface area contributed by atoms with E-state index in [1.54, 1.807) is 6.08 Å². The smallest absolute Gasteiger partial charge is 0.211 e. The Balaban J connectivity index is 2.68. The average Bonchev–Trinajstić information content (AvgIpc) is 1.84. The molecule has 0 aromatic rings. The standard InChI is InChI=1S/C9H15NO/c1-7(2)9(10-6-11)4-8(3)5-9/h7-8H,4-5H2,1-3H3. The zero-order valence-corrected chi connectivity index (χ0v) is 7.42. The molecule has 0 radical (unpaired) electrons. The molecule has 11 heavy (non-hydrogen) atoms. The van der Waals surface area contributed by atoms with E-state index >= 15 is 0 Å². The fourth-order valence-electron chi connectivity index (χ4n) is 1.93. The molecule has 0 amide bonds. The van der Waals surface area contributed by atoms with Gasteiger partial charge in [-0.25, -0.2) is 4.79 Å². The molecule has 0 atom stereocenters. The third-order valence-corrected chi connectivity index (χ3v) is 2.75. The highest BCUT2D eigenvalue weighted by Gasteiger charge is 2.44. The molecular weight excluding hydrogens is 138 g/mol. The van der Waals surface area contributed by atoms with Crippen molar-refractivity contribution in [3.63, 3.8) is 0 Å². The highest BCUT2D eigenvalue weighted by atomic mass is 16.1. The molecule has 0 bridgehead atoms. The Bertz CT molecular complexity index is 186. The van der Waals surface area contributed by atoms with Gasteiger partial charge < -0.3 is 0 Å². The molecule has 0 heterocycles. The molecule has 1 rings (SSSR count). The van der Waals surface area contributed by atoms with Crippen LogP contribution in [-0.2, 0) is 4.79 Å². The van der Waals surface area contributed by atoms with Gasteiger partial charge in [-0.3, -0.25) is 0 Å². The van der Waals surface area contributed by atoms with E-state index in [1.807, 2.05) is 0 Å². The fourth-order valence-corrected chi connectivity index (χ4v) is 1.93. The van der Waals surface area contributed by atoms with Crippen LogP contribution in [0.3, 0.4) is 0 Å². The monoisotopic (exact) mass is 153 g/mol. The van der Waals surface area contributed by atoms with Crippen molar-refractivity contribution in [2.75, 3.05) is 0 Å². The van der Waals surface area contributed by atoms with Crippen molar-refractivity contribution in [3.8, 4) is 0 Å². The maximum Gasteiger partial charge on any atom is 0.235 e. The maximum absolute atomic E-state index is 10.1. The van der Waals surface area contributed by atoms with Gasteiger partial charge in [-0.15, -0.1) is 0 Å². The number of isocyanates is 1. The van der Waals surface area contributed by atoms with Crippen molar-refractivity contribution in [1.29, 1.82) is 0 Å². The lowest BCUT2D eigenvalue weighted by Crippen LogP contribution is -2.45. The quantitative estimate of drug-likeness (QED) is 0.441. The number of carbonyl (C=O) groups excluding carboxylic acids is 1. The first-order valence-electron chi connectivity index (χ1n) is 4.20. The first kappa shape index (κ1) is 8.48. The molecule has 1 saturated carbocycles. The van der Waals surface area contributed by atoms with Gasteiger partial charge in [0.05, 0.1) is 5.54 Å². The minimum absolute atomic E-state index is 0.0544. The molecule has 0 aromatic heterocycles. The van der Waals surface area contributed by atoms with Crippen LogP contribution in [0.25, 0.3) is 0 Å². The van der Waals surface area contributed by atoms with Crippen molar-refractivity contribution in [1.82, 2.24) is 0 Å². The van der Waals surface area contributed by atoms with E-state index in [2.05, 4.69) is 25.8 Å². The Morgan fingerprint density at radius 1 is 1.55 bits per heavy atom. The molecule has 0 spiro atoms. The van der Waals surface area contributed by atoms with E-state index in [0.717, 1.165) is 18.8 Å². The van der Waals surface area contributed by atoms with E-state index in [4.69, 9.17) is 0 Å². The van der Waals surface area contributed by atoms with Gasteiger partial charge in [-0.1, -0.05) is 20.8 Å². The van der Waals surface area contributed by atoms with Crippen molar-refractivity contribution in [2.24, 2.45) is 16.8 Å². The zero-order chi connectivity index (χ0) is 8.48. The number of rotatable bonds is 2. The van der Waals surface area contributed by atoms with Gasteiger partial charge in [0.15, 0.2) is 0 Å². The molecule has 0 saturated heterocycles. The first-order chi connectivity index (χ1) is 5.10. The average molecular weight is 153 g/mol. The van der Waals surface area contributed by atoms with Crippen LogP contribution in [0.2, 0.25) is 0 Å². The van der Waals surface area contributed by atoms with E-state index in [0.29, 0.717) is 5.92 Å².